The van der Waals surface area contributed by atoms with Gasteiger partial charge in [-0.3, -0.25) is 0 Å². The molecule has 4 nitrogen and oxygen atoms in total. The fourth-order valence-electron chi connectivity index (χ4n) is 4.58. The van der Waals surface area contributed by atoms with E-state index in [1.165, 1.54) is 45.2 Å². The van der Waals surface area contributed by atoms with Gasteiger partial charge in [-0.1, -0.05) is 31.0 Å². The summed E-state index contributed by atoms with van der Waals surface area (Å²) in [6, 6.07) is 5.59. The van der Waals surface area contributed by atoms with Crippen molar-refractivity contribution in [3.63, 3.8) is 0 Å². The monoisotopic (exact) mass is 380 g/mol. The largest absolute Gasteiger partial charge is 0.317 e. The van der Waals surface area contributed by atoms with Crippen LogP contribution >= 0.6 is 0 Å². The van der Waals surface area contributed by atoms with Gasteiger partial charge in [-0.25, -0.2) is 8.42 Å². The van der Waals surface area contributed by atoms with E-state index < -0.39 is 10.0 Å². The van der Waals surface area contributed by atoms with Gasteiger partial charge in [-0.2, -0.15) is 4.31 Å². The van der Waals surface area contributed by atoms with Gasteiger partial charge < -0.3 is 5.32 Å². The van der Waals surface area contributed by atoms with Crippen LogP contribution in [0.2, 0.25) is 0 Å². The van der Waals surface area contributed by atoms with Crippen molar-refractivity contribution < 1.29 is 9.84 Å². The van der Waals surface area contributed by atoms with Crippen LogP contribution in [0.4, 0.5) is 0 Å². The Labute approximate surface area is 160 Å². The standard InChI is InChI=1S/C15H21NO2S.C6H13N.H2/c1-11-6-7-15(12(2)8-11)19(17,18)16-9-13-4-3-5-14(13)10-16;1-6-2-4-7-5-3-6;/h6-8,13-14H,3-5,9-10H2,1-2H3;6-7H,2-5H2,1H3;1H/t13-,14?;;/m0../s1. The van der Waals surface area contributed by atoms with E-state index in [1.54, 1.807) is 10.4 Å². The summed E-state index contributed by atoms with van der Waals surface area (Å²) < 4.78 is 27.2. The molecule has 0 radical (unpaired) electrons. The van der Waals surface area contributed by atoms with Crippen LogP contribution in [-0.4, -0.2) is 38.9 Å². The number of hydrogen-bond acceptors (Lipinski definition) is 3. The predicted octanol–water partition coefficient (Wildman–Crippen LogP) is 3.98. The van der Waals surface area contributed by atoms with E-state index in [1.807, 2.05) is 26.0 Å². The molecule has 1 unspecified atom stereocenters. The van der Waals surface area contributed by atoms with Gasteiger partial charge in [0.2, 0.25) is 10.0 Å². The van der Waals surface area contributed by atoms with Crippen LogP contribution in [-0.2, 0) is 10.0 Å². The van der Waals surface area contributed by atoms with Crippen molar-refractivity contribution in [3.05, 3.63) is 29.3 Å². The van der Waals surface area contributed by atoms with E-state index in [-0.39, 0.29) is 1.43 Å². The quantitative estimate of drug-likeness (QED) is 0.844. The molecule has 0 amide bonds. The number of rotatable bonds is 2. The average Bonchev–Trinajstić information content (AvgIpc) is 3.18. The van der Waals surface area contributed by atoms with Gasteiger partial charge in [0, 0.05) is 14.5 Å². The van der Waals surface area contributed by atoms with E-state index in [0.717, 1.165) is 30.1 Å². The minimum absolute atomic E-state index is 0. The first-order chi connectivity index (χ1) is 12.4. The third kappa shape index (κ3) is 4.49. The number of benzene rings is 1. The van der Waals surface area contributed by atoms with Crippen molar-refractivity contribution in [2.24, 2.45) is 17.8 Å². The van der Waals surface area contributed by atoms with Crippen molar-refractivity contribution in [2.75, 3.05) is 26.2 Å². The molecule has 1 aromatic carbocycles. The average molecular weight is 381 g/mol. The molecule has 0 spiro atoms. The Morgan fingerprint density at radius 3 is 2.15 bits per heavy atom. The van der Waals surface area contributed by atoms with Gasteiger partial charge in [-0.15, -0.1) is 0 Å². The molecule has 3 aliphatic rings. The summed E-state index contributed by atoms with van der Waals surface area (Å²) in [6.45, 7) is 10.1. The first-order valence-corrected chi connectivity index (χ1v) is 11.6. The number of nitrogens with one attached hydrogen (secondary N) is 1. The molecule has 148 valence electrons. The molecule has 1 aromatic rings. The van der Waals surface area contributed by atoms with E-state index >= 15 is 0 Å². The SMILES string of the molecule is CC1CCNCC1.Cc1ccc(S(=O)(=O)N2CC3CCC[C@H]3C2)c(C)c1.[HH]. The van der Waals surface area contributed by atoms with Gasteiger partial charge in [-0.05, 0) is 82.0 Å². The fraction of sp³-hybridized carbons (Fsp3) is 0.714. The second-order valence-corrected chi connectivity index (χ2v) is 10.4. The molecule has 26 heavy (non-hydrogen) atoms. The Kier molecular flexibility index (Phi) is 6.41. The van der Waals surface area contributed by atoms with Crippen LogP contribution in [0.15, 0.2) is 23.1 Å². The van der Waals surface area contributed by atoms with Gasteiger partial charge in [0.15, 0.2) is 0 Å². The van der Waals surface area contributed by atoms with E-state index in [2.05, 4.69) is 12.2 Å². The molecular formula is C21H36N2O2S. The minimum Gasteiger partial charge on any atom is -0.317 e. The van der Waals surface area contributed by atoms with Gasteiger partial charge in [0.05, 0.1) is 4.90 Å². The highest BCUT2D eigenvalue weighted by Crippen LogP contribution is 2.40. The molecule has 2 atom stereocenters. The van der Waals surface area contributed by atoms with Gasteiger partial charge in [0.25, 0.3) is 0 Å². The third-order valence-electron chi connectivity index (χ3n) is 6.27. The highest BCUT2D eigenvalue weighted by atomic mass is 32.2. The second kappa shape index (κ2) is 8.41. The number of nitrogens with zero attached hydrogens (tertiary/aromatic N) is 1. The molecule has 2 heterocycles. The Bertz CT molecular complexity index is 705. The fourth-order valence-corrected chi connectivity index (χ4v) is 6.34. The lowest BCUT2D eigenvalue weighted by Crippen LogP contribution is -2.30. The number of aryl methyl sites for hydroxylation is 2. The maximum Gasteiger partial charge on any atom is 0.243 e. The van der Waals surface area contributed by atoms with Crippen LogP contribution in [0.3, 0.4) is 0 Å². The summed E-state index contributed by atoms with van der Waals surface area (Å²) in [4.78, 5) is 0.484. The molecular weight excluding hydrogens is 344 g/mol. The van der Waals surface area contributed by atoms with Crippen LogP contribution in [0.5, 0.6) is 0 Å². The Morgan fingerprint density at radius 2 is 1.65 bits per heavy atom. The number of hydrogen-bond donors (Lipinski definition) is 1. The molecule has 3 fully saturated rings. The van der Waals surface area contributed by atoms with Crippen molar-refractivity contribution in [1.82, 2.24) is 9.62 Å². The molecule has 4 rings (SSSR count). The topological polar surface area (TPSA) is 49.4 Å². The lowest BCUT2D eigenvalue weighted by Gasteiger charge is -2.19. The van der Waals surface area contributed by atoms with Crippen molar-refractivity contribution >= 4 is 10.0 Å². The number of fused-ring (bicyclic) bond motifs is 1. The molecule has 2 saturated heterocycles. The summed E-state index contributed by atoms with van der Waals surface area (Å²) in [5.41, 5.74) is 1.96. The van der Waals surface area contributed by atoms with Crippen molar-refractivity contribution in [2.45, 2.75) is 57.8 Å². The zero-order valence-electron chi connectivity index (χ0n) is 16.5. The summed E-state index contributed by atoms with van der Waals surface area (Å²) in [5.74, 6) is 2.17. The smallest absolute Gasteiger partial charge is 0.243 e. The lowest BCUT2D eigenvalue weighted by atomic mass is 10.0. The maximum atomic E-state index is 12.7. The zero-order chi connectivity index (χ0) is 18.7. The molecule has 2 aliphatic heterocycles. The van der Waals surface area contributed by atoms with Crippen LogP contribution in [0, 0.1) is 31.6 Å². The minimum atomic E-state index is -3.29. The normalized spacial score (nSPS) is 27.0. The van der Waals surface area contributed by atoms with Gasteiger partial charge >= 0.3 is 0 Å². The highest BCUT2D eigenvalue weighted by molar-refractivity contribution is 7.89. The summed E-state index contributed by atoms with van der Waals surface area (Å²) in [6.07, 6.45) is 6.42. The van der Waals surface area contributed by atoms with Gasteiger partial charge in [0.1, 0.15) is 0 Å². The molecule has 1 aliphatic carbocycles. The molecule has 0 aromatic heterocycles. The molecule has 1 N–H and O–H groups in total. The van der Waals surface area contributed by atoms with Crippen LogP contribution < -0.4 is 5.32 Å². The second-order valence-electron chi connectivity index (χ2n) is 8.47. The first kappa shape index (κ1) is 19.8. The lowest BCUT2D eigenvalue weighted by molar-refractivity contribution is 0.402. The number of piperidine rings is 1. The molecule has 5 heteroatoms. The first-order valence-electron chi connectivity index (χ1n) is 10.2. The third-order valence-corrected chi connectivity index (χ3v) is 8.26. The molecule has 1 saturated carbocycles. The van der Waals surface area contributed by atoms with Crippen LogP contribution in [0.25, 0.3) is 0 Å². The Balaban J connectivity index is 0.000000278. The molecule has 0 bridgehead atoms. The summed E-state index contributed by atoms with van der Waals surface area (Å²) in [7, 11) is -3.29. The zero-order valence-corrected chi connectivity index (χ0v) is 17.3. The van der Waals surface area contributed by atoms with Crippen molar-refractivity contribution in [1.29, 1.82) is 0 Å². The summed E-state index contributed by atoms with van der Waals surface area (Å²) >= 11 is 0. The Morgan fingerprint density at radius 1 is 1.04 bits per heavy atom. The summed E-state index contributed by atoms with van der Waals surface area (Å²) in [5, 5.41) is 3.32. The van der Waals surface area contributed by atoms with E-state index in [9.17, 15) is 8.42 Å². The van der Waals surface area contributed by atoms with E-state index in [4.69, 9.17) is 0 Å². The highest BCUT2D eigenvalue weighted by Gasteiger charge is 2.41. The van der Waals surface area contributed by atoms with Crippen molar-refractivity contribution in [3.8, 4) is 0 Å². The van der Waals surface area contributed by atoms with E-state index in [0.29, 0.717) is 16.7 Å². The predicted molar refractivity (Wildman–Crippen MR) is 109 cm³/mol. The number of sulfonamides is 1. The maximum absolute atomic E-state index is 12.7. The Hall–Kier alpha value is -0.910. The van der Waals surface area contributed by atoms with Crippen LogP contribution in [0.1, 0.15) is 51.6 Å².